The van der Waals surface area contributed by atoms with Crippen LogP contribution in [-0.2, 0) is 11.3 Å². The maximum atomic E-state index is 9.02. The van der Waals surface area contributed by atoms with Crippen LogP contribution >= 0.6 is 0 Å². The van der Waals surface area contributed by atoms with E-state index in [9.17, 15) is 0 Å². The van der Waals surface area contributed by atoms with Crippen LogP contribution in [0.4, 0.5) is 0 Å². The van der Waals surface area contributed by atoms with E-state index in [0.717, 1.165) is 31.1 Å². The van der Waals surface area contributed by atoms with Crippen LogP contribution in [0, 0.1) is 16.7 Å². The first-order valence-corrected chi connectivity index (χ1v) is 9.37. The third-order valence-electron chi connectivity index (χ3n) is 5.57. The highest BCUT2D eigenvalue weighted by Gasteiger charge is 2.59. The molecule has 0 radical (unpaired) electrons. The molecule has 0 aromatic heterocycles. The van der Waals surface area contributed by atoms with E-state index in [1.54, 1.807) is 0 Å². The van der Waals surface area contributed by atoms with Gasteiger partial charge in [-0.2, -0.15) is 5.26 Å². The Bertz CT molecular complexity index is 660. The van der Waals surface area contributed by atoms with Gasteiger partial charge in [-0.3, -0.25) is 0 Å². The Labute approximate surface area is 150 Å². The van der Waals surface area contributed by atoms with E-state index < -0.39 is 0 Å². The van der Waals surface area contributed by atoms with E-state index in [1.807, 2.05) is 24.3 Å². The lowest BCUT2D eigenvalue weighted by molar-refractivity contribution is -0.168. The lowest BCUT2D eigenvalue weighted by atomic mass is 9.51. The molecule has 25 heavy (non-hydrogen) atoms. The number of nitrogens with zero attached hydrogens (tertiary/aromatic N) is 2. The van der Waals surface area contributed by atoms with Crippen LogP contribution in [0.2, 0.25) is 0 Å². The standard InChI is InChI=1S/C20H28N4O/c1-3-22-19(23-14-16-8-5-7-15(11-16)13-21)24-17-12-18(25-4-2)20(17)9-6-10-20/h5,7-8,11,17-18H,3-4,6,9-10,12,14H2,1-2H3,(H2,22,23,24). The van der Waals surface area contributed by atoms with Gasteiger partial charge in [-0.15, -0.1) is 0 Å². The van der Waals surface area contributed by atoms with E-state index in [1.165, 1.54) is 19.3 Å². The summed E-state index contributed by atoms with van der Waals surface area (Å²) in [7, 11) is 0. The molecule has 2 unspecified atom stereocenters. The van der Waals surface area contributed by atoms with Gasteiger partial charge in [0.25, 0.3) is 0 Å². The molecular weight excluding hydrogens is 312 g/mol. The molecule has 2 N–H and O–H groups in total. The lowest BCUT2D eigenvalue weighted by Gasteiger charge is -2.61. The number of ether oxygens (including phenoxy) is 1. The third-order valence-corrected chi connectivity index (χ3v) is 5.57. The second-order valence-electron chi connectivity index (χ2n) is 6.97. The highest BCUT2D eigenvalue weighted by Crippen LogP contribution is 2.57. The van der Waals surface area contributed by atoms with Crippen LogP contribution in [0.15, 0.2) is 29.3 Å². The minimum atomic E-state index is 0.312. The van der Waals surface area contributed by atoms with E-state index in [-0.39, 0.29) is 0 Å². The molecule has 1 spiro atoms. The number of hydrogen-bond donors (Lipinski definition) is 2. The molecule has 2 fully saturated rings. The average Bonchev–Trinajstić information content (AvgIpc) is 2.57. The van der Waals surface area contributed by atoms with Gasteiger partial charge in [0.15, 0.2) is 5.96 Å². The minimum absolute atomic E-state index is 0.312. The van der Waals surface area contributed by atoms with Gasteiger partial charge in [0, 0.05) is 24.6 Å². The smallest absolute Gasteiger partial charge is 0.191 e. The van der Waals surface area contributed by atoms with E-state index in [2.05, 4.69) is 30.6 Å². The number of nitrogens with one attached hydrogen (secondary N) is 2. The number of rotatable bonds is 6. The zero-order valence-electron chi connectivity index (χ0n) is 15.2. The Morgan fingerprint density at radius 2 is 2.24 bits per heavy atom. The Balaban J connectivity index is 1.64. The highest BCUT2D eigenvalue weighted by molar-refractivity contribution is 5.80. The maximum absolute atomic E-state index is 9.02. The van der Waals surface area contributed by atoms with Gasteiger partial charge < -0.3 is 15.4 Å². The number of aliphatic imine (C=N–C) groups is 1. The molecule has 0 aliphatic heterocycles. The van der Waals surface area contributed by atoms with Crippen molar-refractivity contribution in [2.24, 2.45) is 10.4 Å². The van der Waals surface area contributed by atoms with Crippen LogP contribution in [0.25, 0.3) is 0 Å². The lowest BCUT2D eigenvalue weighted by Crippen LogP contribution is -2.68. The van der Waals surface area contributed by atoms with E-state index in [4.69, 9.17) is 15.0 Å². The molecule has 0 heterocycles. The van der Waals surface area contributed by atoms with Crippen molar-refractivity contribution in [3.05, 3.63) is 35.4 Å². The molecule has 1 aromatic carbocycles. The molecule has 2 aliphatic carbocycles. The van der Waals surface area contributed by atoms with Crippen molar-refractivity contribution >= 4 is 5.96 Å². The first-order chi connectivity index (χ1) is 12.2. The topological polar surface area (TPSA) is 69.4 Å². The molecule has 0 amide bonds. The monoisotopic (exact) mass is 340 g/mol. The van der Waals surface area contributed by atoms with Crippen molar-refractivity contribution in [1.29, 1.82) is 5.26 Å². The van der Waals surface area contributed by atoms with Crippen molar-refractivity contribution in [2.75, 3.05) is 13.2 Å². The van der Waals surface area contributed by atoms with Gasteiger partial charge in [-0.25, -0.2) is 4.99 Å². The predicted octanol–water partition coefficient (Wildman–Crippen LogP) is 2.96. The second-order valence-corrected chi connectivity index (χ2v) is 6.97. The Morgan fingerprint density at radius 3 is 2.88 bits per heavy atom. The van der Waals surface area contributed by atoms with Gasteiger partial charge in [-0.05, 0) is 50.8 Å². The molecule has 0 bridgehead atoms. The summed E-state index contributed by atoms with van der Waals surface area (Å²) >= 11 is 0. The number of nitriles is 1. The highest BCUT2D eigenvalue weighted by atomic mass is 16.5. The number of hydrogen-bond acceptors (Lipinski definition) is 3. The van der Waals surface area contributed by atoms with Crippen molar-refractivity contribution in [3.63, 3.8) is 0 Å². The maximum Gasteiger partial charge on any atom is 0.191 e. The summed E-state index contributed by atoms with van der Waals surface area (Å²) in [5.74, 6) is 0.857. The Morgan fingerprint density at radius 1 is 1.40 bits per heavy atom. The summed E-state index contributed by atoms with van der Waals surface area (Å²) in [6.07, 6.45) is 5.26. The fourth-order valence-corrected chi connectivity index (χ4v) is 4.04. The predicted molar refractivity (Wildman–Crippen MR) is 99.2 cm³/mol. The molecule has 5 heteroatoms. The van der Waals surface area contributed by atoms with E-state index >= 15 is 0 Å². The van der Waals surface area contributed by atoms with Crippen molar-refractivity contribution in [3.8, 4) is 6.07 Å². The largest absolute Gasteiger partial charge is 0.378 e. The molecule has 2 atom stereocenters. The molecule has 2 saturated carbocycles. The number of benzene rings is 1. The van der Waals surface area contributed by atoms with Crippen LogP contribution in [0.3, 0.4) is 0 Å². The van der Waals surface area contributed by atoms with Crippen LogP contribution in [0.5, 0.6) is 0 Å². The Kier molecular flexibility index (Phi) is 5.60. The zero-order chi connectivity index (χ0) is 17.7. The first kappa shape index (κ1) is 17.8. The van der Waals surface area contributed by atoms with Crippen LogP contribution in [-0.4, -0.2) is 31.3 Å². The third kappa shape index (κ3) is 3.64. The molecule has 134 valence electrons. The molecule has 0 saturated heterocycles. The van der Waals surface area contributed by atoms with Gasteiger partial charge in [0.2, 0.25) is 0 Å². The summed E-state index contributed by atoms with van der Waals surface area (Å²) in [6, 6.07) is 10.3. The van der Waals surface area contributed by atoms with Gasteiger partial charge >= 0.3 is 0 Å². The summed E-state index contributed by atoms with van der Waals surface area (Å²) in [4.78, 5) is 4.72. The second kappa shape index (κ2) is 7.88. The van der Waals surface area contributed by atoms with Crippen molar-refractivity contribution < 1.29 is 4.74 Å². The van der Waals surface area contributed by atoms with E-state index in [0.29, 0.717) is 29.7 Å². The molecule has 5 nitrogen and oxygen atoms in total. The van der Waals surface area contributed by atoms with Gasteiger partial charge in [0.05, 0.1) is 24.3 Å². The first-order valence-electron chi connectivity index (χ1n) is 9.37. The Hall–Kier alpha value is -2.06. The van der Waals surface area contributed by atoms with Gasteiger partial charge in [-0.1, -0.05) is 18.6 Å². The SMILES string of the molecule is CCNC(=NCc1cccc(C#N)c1)NC1CC(OCC)C12CCC2. The summed E-state index contributed by atoms with van der Waals surface area (Å²) < 4.78 is 5.93. The van der Waals surface area contributed by atoms with Crippen LogP contribution < -0.4 is 10.6 Å². The van der Waals surface area contributed by atoms with Crippen molar-refractivity contribution in [2.45, 2.75) is 58.2 Å². The average molecular weight is 340 g/mol. The molecule has 2 aliphatic rings. The number of guanidine groups is 1. The summed E-state index contributed by atoms with van der Waals surface area (Å²) in [5, 5.41) is 16.0. The molecular formula is C20H28N4O. The zero-order valence-corrected chi connectivity index (χ0v) is 15.2. The summed E-state index contributed by atoms with van der Waals surface area (Å²) in [6.45, 7) is 6.35. The molecule has 3 rings (SSSR count). The fraction of sp³-hybridized carbons (Fsp3) is 0.600. The normalized spacial score (nSPS) is 24.1. The fourth-order valence-electron chi connectivity index (χ4n) is 4.04. The quantitative estimate of drug-likeness (QED) is 0.617. The van der Waals surface area contributed by atoms with Crippen LogP contribution in [0.1, 0.15) is 50.7 Å². The molecule has 1 aromatic rings. The summed E-state index contributed by atoms with van der Waals surface area (Å²) in [5.41, 5.74) is 2.04. The minimum Gasteiger partial charge on any atom is -0.378 e. The van der Waals surface area contributed by atoms with Crippen molar-refractivity contribution in [1.82, 2.24) is 10.6 Å². The van der Waals surface area contributed by atoms with Gasteiger partial charge in [0.1, 0.15) is 0 Å².